The van der Waals surface area contributed by atoms with Gasteiger partial charge in [0.15, 0.2) is 5.82 Å². The van der Waals surface area contributed by atoms with Gasteiger partial charge in [0, 0.05) is 53.9 Å². The highest BCUT2D eigenvalue weighted by Crippen LogP contribution is 2.44. The summed E-state index contributed by atoms with van der Waals surface area (Å²) < 4.78 is 8.64. The highest BCUT2D eigenvalue weighted by atomic mass is 32.1. The Bertz CT molecular complexity index is 3520. The fourth-order valence-electron chi connectivity index (χ4n) is 8.59. The molecule has 4 aromatic heterocycles. The number of hydrogen-bond acceptors (Lipinski definition) is 5. The van der Waals surface area contributed by atoms with Gasteiger partial charge in [-0.1, -0.05) is 170 Å². The third-order valence-electron chi connectivity index (χ3n) is 11.5. The van der Waals surface area contributed by atoms with Crippen LogP contribution in [-0.2, 0) is 0 Å². The molecule has 0 atom stereocenters. The van der Waals surface area contributed by atoms with E-state index in [1.807, 2.05) is 65.9 Å². The van der Waals surface area contributed by atoms with E-state index in [4.69, 9.17) is 19.4 Å². The van der Waals surface area contributed by atoms with Crippen LogP contribution in [0.5, 0.6) is 0 Å². The lowest BCUT2D eigenvalue weighted by Crippen LogP contribution is -1.96. The van der Waals surface area contributed by atoms with Gasteiger partial charge in [0.05, 0.1) is 27.3 Å². The first-order valence-electron chi connectivity index (χ1n) is 20.1. The zero-order chi connectivity index (χ0) is 39.6. The molecule has 0 unspecified atom stereocenters. The van der Waals surface area contributed by atoms with Crippen molar-refractivity contribution in [1.82, 2.24) is 15.0 Å². The minimum atomic E-state index is 0.702. The summed E-state index contributed by atoms with van der Waals surface area (Å²) in [6.45, 7) is 0. The van der Waals surface area contributed by atoms with Crippen LogP contribution in [0.1, 0.15) is 0 Å². The summed E-state index contributed by atoms with van der Waals surface area (Å²) in [6.07, 6.45) is 0. The van der Waals surface area contributed by atoms with Crippen LogP contribution >= 0.6 is 11.3 Å². The van der Waals surface area contributed by atoms with E-state index in [1.54, 1.807) is 0 Å². The topological polar surface area (TPSA) is 51.8 Å². The van der Waals surface area contributed by atoms with E-state index >= 15 is 0 Å². The normalized spacial score (nSPS) is 11.7. The second-order valence-corrected chi connectivity index (χ2v) is 16.2. The molecule has 0 bridgehead atoms. The molecular formula is C55H33N3OS. The summed E-state index contributed by atoms with van der Waals surface area (Å²) in [5, 5.41) is 5.94. The minimum absolute atomic E-state index is 0.702. The summed E-state index contributed by atoms with van der Waals surface area (Å²) in [4.78, 5) is 15.5. The molecule has 8 aromatic carbocycles. The maximum absolute atomic E-state index is 6.20. The number of thiophene rings is 1. The van der Waals surface area contributed by atoms with Gasteiger partial charge in [-0.15, -0.1) is 11.3 Å². The first-order valence-corrected chi connectivity index (χ1v) is 20.9. The van der Waals surface area contributed by atoms with Gasteiger partial charge in [0.1, 0.15) is 11.2 Å². The number of nitrogens with zero attached hydrogens (tertiary/aromatic N) is 3. The van der Waals surface area contributed by atoms with Gasteiger partial charge in [-0.3, -0.25) is 0 Å². The van der Waals surface area contributed by atoms with Crippen molar-refractivity contribution in [3.63, 3.8) is 0 Å². The molecule has 0 radical (unpaired) electrons. The second kappa shape index (κ2) is 14.0. The van der Waals surface area contributed by atoms with E-state index in [-0.39, 0.29) is 0 Å². The lowest BCUT2D eigenvalue weighted by Gasteiger charge is -2.11. The van der Waals surface area contributed by atoms with E-state index in [0.717, 1.165) is 88.9 Å². The van der Waals surface area contributed by atoms with Crippen molar-refractivity contribution in [2.45, 2.75) is 0 Å². The predicted octanol–water partition coefficient (Wildman–Crippen LogP) is 15.3. The third-order valence-corrected chi connectivity index (χ3v) is 12.7. The highest BCUT2D eigenvalue weighted by molar-refractivity contribution is 7.26. The molecule has 280 valence electrons. The molecule has 12 rings (SSSR count). The summed E-state index contributed by atoms with van der Waals surface area (Å²) >= 11 is 1.81. The van der Waals surface area contributed by atoms with Gasteiger partial charge in [0.2, 0.25) is 0 Å². The number of pyridine rings is 1. The van der Waals surface area contributed by atoms with Crippen LogP contribution in [0.3, 0.4) is 0 Å². The van der Waals surface area contributed by atoms with Gasteiger partial charge >= 0.3 is 0 Å². The zero-order valence-electron chi connectivity index (χ0n) is 32.2. The molecule has 0 aliphatic heterocycles. The molecule has 0 aliphatic carbocycles. The summed E-state index contributed by atoms with van der Waals surface area (Å²) in [6, 6.07) is 70.2. The minimum Gasteiger partial charge on any atom is -0.456 e. The Morgan fingerprint density at radius 3 is 1.75 bits per heavy atom. The van der Waals surface area contributed by atoms with E-state index in [1.165, 1.54) is 25.7 Å². The van der Waals surface area contributed by atoms with Gasteiger partial charge < -0.3 is 4.42 Å². The highest BCUT2D eigenvalue weighted by Gasteiger charge is 2.18. The summed E-state index contributed by atoms with van der Waals surface area (Å²) in [5.74, 6) is 0.702. The molecule has 0 spiro atoms. The Hall–Kier alpha value is -7.73. The molecular weight excluding hydrogens is 751 g/mol. The van der Waals surface area contributed by atoms with Crippen molar-refractivity contribution in [3.8, 4) is 67.4 Å². The lowest BCUT2D eigenvalue weighted by molar-refractivity contribution is 0.669. The molecule has 5 heteroatoms. The van der Waals surface area contributed by atoms with Gasteiger partial charge in [0.25, 0.3) is 0 Å². The molecule has 0 fully saturated rings. The summed E-state index contributed by atoms with van der Waals surface area (Å²) in [5.41, 5.74) is 14.2. The molecule has 4 nitrogen and oxygen atoms in total. The number of para-hydroxylation sites is 1. The SMILES string of the molecule is c1ccc(-c2cc(-c3ccc(-c4nc5cc(-c6ccc(-c7cccc8oc9ccccc9c78)cc6)ccc5c5c4sc4ccccc45)cc3)nc(-c3ccccc3)n2)cc1. The van der Waals surface area contributed by atoms with E-state index < -0.39 is 0 Å². The second-order valence-electron chi connectivity index (χ2n) is 15.1. The van der Waals surface area contributed by atoms with Crippen LogP contribution in [0, 0.1) is 0 Å². The first-order chi connectivity index (χ1) is 29.7. The quantitative estimate of drug-likeness (QED) is 0.169. The Morgan fingerprint density at radius 1 is 0.367 bits per heavy atom. The average Bonchev–Trinajstić information content (AvgIpc) is 3.91. The Morgan fingerprint density at radius 2 is 0.967 bits per heavy atom. The Labute approximate surface area is 349 Å². The fourth-order valence-corrected chi connectivity index (χ4v) is 9.81. The molecule has 4 heterocycles. The third kappa shape index (κ3) is 5.78. The van der Waals surface area contributed by atoms with Crippen LogP contribution in [0.4, 0.5) is 0 Å². The molecule has 0 aliphatic rings. The maximum Gasteiger partial charge on any atom is 0.160 e. The predicted molar refractivity (Wildman–Crippen MR) is 250 cm³/mol. The fraction of sp³-hybridized carbons (Fsp3) is 0. The smallest absolute Gasteiger partial charge is 0.160 e. The van der Waals surface area contributed by atoms with Crippen LogP contribution in [0.25, 0.3) is 120 Å². The van der Waals surface area contributed by atoms with Crippen molar-refractivity contribution >= 4 is 64.4 Å². The van der Waals surface area contributed by atoms with Crippen LogP contribution < -0.4 is 0 Å². The maximum atomic E-state index is 6.20. The van der Waals surface area contributed by atoms with Gasteiger partial charge in [-0.2, -0.15) is 0 Å². The number of rotatable bonds is 6. The van der Waals surface area contributed by atoms with Crippen LogP contribution in [0.2, 0.25) is 0 Å². The van der Waals surface area contributed by atoms with E-state index in [9.17, 15) is 0 Å². The van der Waals surface area contributed by atoms with E-state index in [2.05, 4.69) is 146 Å². The van der Waals surface area contributed by atoms with Crippen molar-refractivity contribution in [2.24, 2.45) is 0 Å². The number of hydrogen-bond donors (Lipinski definition) is 0. The van der Waals surface area contributed by atoms with Crippen LogP contribution in [0.15, 0.2) is 205 Å². The lowest BCUT2D eigenvalue weighted by atomic mass is 9.96. The molecule has 0 N–H and O–H groups in total. The zero-order valence-corrected chi connectivity index (χ0v) is 33.0. The largest absolute Gasteiger partial charge is 0.456 e. The monoisotopic (exact) mass is 783 g/mol. The van der Waals surface area contributed by atoms with Gasteiger partial charge in [-0.05, 0) is 52.6 Å². The van der Waals surface area contributed by atoms with E-state index in [0.29, 0.717) is 5.82 Å². The van der Waals surface area contributed by atoms with Gasteiger partial charge in [-0.25, -0.2) is 15.0 Å². The Kier molecular flexibility index (Phi) is 8.00. The number of benzene rings is 8. The first kappa shape index (κ1) is 34.3. The van der Waals surface area contributed by atoms with Crippen LogP contribution in [-0.4, -0.2) is 15.0 Å². The average molecular weight is 784 g/mol. The molecule has 0 saturated carbocycles. The molecule has 0 amide bonds. The standard InChI is InChI=1S/C55H33N3OS/c1-3-12-36(13-4-1)45-33-46(58-55(57-45)39-14-5-2-6-15-39)37-26-28-38(29-27-37)53-54-52(44-17-8-10-21-50(44)60-54)42-31-30-40(32-47(42)56-53)34-22-24-35(25-23-34)41-18-11-20-49-51(41)43-16-7-9-19-48(43)59-49/h1-33H. The van der Waals surface area contributed by atoms with Crippen molar-refractivity contribution in [3.05, 3.63) is 200 Å². The number of fused-ring (bicyclic) bond motifs is 8. The number of aromatic nitrogens is 3. The summed E-state index contributed by atoms with van der Waals surface area (Å²) in [7, 11) is 0. The number of furan rings is 1. The molecule has 60 heavy (non-hydrogen) atoms. The molecule has 12 aromatic rings. The van der Waals surface area contributed by atoms with Crippen molar-refractivity contribution < 1.29 is 4.42 Å². The van der Waals surface area contributed by atoms with Crippen molar-refractivity contribution in [2.75, 3.05) is 0 Å². The molecule has 0 saturated heterocycles. The Balaban J connectivity index is 0.955. The van der Waals surface area contributed by atoms with Crippen molar-refractivity contribution in [1.29, 1.82) is 0 Å².